The Bertz CT molecular complexity index is 174. The largest absolute Gasteiger partial charge is 0.481 e. The minimum atomic E-state index is -0.747. The normalized spacial score (nSPS) is 24.5. The highest BCUT2D eigenvalue weighted by molar-refractivity contribution is 5.68. The second-order valence-electron chi connectivity index (χ2n) is 2.60. The van der Waals surface area contributed by atoms with Crippen LogP contribution in [0.5, 0.6) is 0 Å². The number of hydrogen-bond donors (Lipinski definition) is 2. The van der Waals surface area contributed by atoms with Gasteiger partial charge in [-0.05, 0) is 6.92 Å². The van der Waals surface area contributed by atoms with E-state index in [-0.39, 0.29) is 12.5 Å². The summed E-state index contributed by atoms with van der Waals surface area (Å²) in [6, 6.07) is 0.0532. The Labute approximate surface area is 59.7 Å². The van der Waals surface area contributed by atoms with Gasteiger partial charge >= 0.3 is 5.97 Å². The summed E-state index contributed by atoms with van der Waals surface area (Å²) in [5.74, 6) is -0.747. The predicted molar refractivity (Wildman–Crippen MR) is 37.8 cm³/mol. The van der Waals surface area contributed by atoms with Crippen molar-refractivity contribution in [2.45, 2.75) is 19.4 Å². The molecule has 2 N–H and O–H groups in total. The van der Waals surface area contributed by atoms with E-state index in [4.69, 9.17) is 5.11 Å². The van der Waals surface area contributed by atoms with Crippen molar-refractivity contribution in [1.82, 2.24) is 5.32 Å². The van der Waals surface area contributed by atoms with Gasteiger partial charge in [0, 0.05) is 12.6 Å². The van der Waals surface area contributed by atoms with E-state index < -0.39 is 5.97 Å². The molecule has 56 valence electrons. The number of nitrogens with one attached hydrogen (secondary N) is 1. The molecule has 3 heteroatoms. The van der Waals surface area contributed by atoms with Crippen LogP contribution in [0.2, 0.25) is 0 Å². The monoisotopic (exact) mass is 141 g/mol. The molecule has 0 aliphatic carbocycles. The Hall–Kier alpha value is -0.830. The molecule has 0 bridgehead atoms. The fraction of sp³-hybridized carbons (Fsp3) is 0.571. The highest BCUT2D eigenvalue weighted by Crippen LogP contribution is 2.06. The summed E-state index contributed by atoms with van der Waals surface area (Å²) in [6.07, 6.45) is 2.16. The smallest absolute Gasteiger partial charge is 0.305 e. The van der Waals surface area contributed by atoms with Crippen molar-refractivity contribution in [3.63, 3.8) is 0 Å². The quantitative estimate of drug-likeness (QED) is 0.546. The number of aliphatic carboxylic acids is 1. The van der Waals surface area contributed by atoms with Gasteiger partial charge in [-0.1, -0.05) is 11.6 Å². The molecule has 0 amide bonds. The van der Waals surface area contributed by atoms with Crippen LogP contribution in [0.1, 0.15) is 13.3 Å². The van der Waals surface area contributed by atoms with Gasteiger partial charge in [0.25, 0.3) is 0 Å². The molecule has 1 heterocycles. The van der Waals surface area contributed by atoms with Crippen LogP contribution in [0, 0.1) is 0 Å². The van der Waals surface area contributed by atoms with E-state index in [0.29, 0.717) is 0 Å². The standard InChI is InChI=1S/C7H11NO2/c1-5-2-6(8-4-5)3-7(9)10/h2,6,8H,3-4H2,1H3,(H,9,10)/t6-/m1/s1. The Morgan fingerprint density at radius 1 is 2.00 bits per heavy atom. The summed E-state index contributed by atoms with van der Waals surface area (Å²) in [6.45, 7) is 2.83. The van der Waals surface area contributed by atoms with Crippen LogP contribution in [-0.4, -0.2) is 23.7 Å². The van der Waals surface area contributed by atoms with E-state index in [2.05, 4.69) is 5.32 Å². The number of rotatable bonds is 2. The van der Waals surface area contributed by atoms with Crippen LogP contribution in [0.4, 0.5) is 0 Å². The molecule has 0 saturated carbocycles. The second kappa shape index (κ2) is 2.84. The Kier molecular flexibility index (Phi) is 2.06. The number of hydrogen-bond acceptors (Lipinski definition) is 2. The summed E-state index contributed by atoms with van der Waals surface area (Å²) >= 11 is 0. The first-order valence-corrected chi connectivity index (χ1v) is 3.31. The number of carboxylic acids is 1. The SMILES string of the molecule is CC1=C[C@H](CC(=O)O)NC1. The molecular formula is C7H11NO2. The van der Waals surface area contributed by atoms with Gasteiger partial charge in [0.2, 0.25) is 0 Å². The van der Waals surface area contributed by atoms with Crippen LogP contribution in [0.3, 0.4) is 0 Å². The van der Waals surface area contributed by atoms with Gasteiger partial charge in [-0.25, -0.2) is 0 Å². The number of carboxylic acid groups (broad SMARTS) is 1. The zero-order chi connectivity index (χ0) is 7.56. The molecule has 0 aromatic carbocycles. The third-order valence-electron chi connectivity index (χ3n) is 1.52. The first-order valence-electron chi connectivity index (χ1n) is 3.31. The lowest BCUT2D eigenvalue weighted by atomic mass is 10.2. The molecule has 0 aromatic heterocycles. The van der Waals surface area contributed by atoms with Crippen LogP contribution in [-0.2, 0) is 4.79 Å². The van der Waals surface area contributed by atoms with E-state index in [1.165, 1.54) is 5.57 Å². The zero-order valence-electron chi connectivity index (χ0n) is 5.92. The van der Waals surface area contributed by atoms with Gasteiger partial charge in [0.05, 0.1) is 6.42 Å². The summed E-state index contributed by atoms with van der Waals surface area (Å²) in [5.41, 5.74) is 1.23. The van der Waals surface area contributed by atoms with Crippen LogP contribution < -0.4 is 5.32 Å². The molecule has 0 saturated heterocycles. The minimum absolute atomic E-state index is 0.0532. The van der Waals surface area contributed by atoms with Gasteiger partial charge in [0.1, 0.15) is 0 Å². The van der Waals surface area contributed by atoms with Gasteiger partial charge in [0.15, 0.2) is 0 Å². The highest BCUT2D eigenvalue weighted by atomic mass is 16.4. The summed E-state index contributed by atoms with van der Waals surface area (Å²) in [4.78, 5) is 10.2. The van der Waals surface area contributed by atoms with Gasteiger partial charge in [-0.3, -0.25) is 4.79 Å². The fourth-order valence-corrected chi connectivity index (χ4v) is 1.07. The van der Waals surface area contributed by atoms with E-state index in [0.717, 1.165) is 6.54 Å². The van der Waals surface area contributed by atoms with E-state index in [9.17, 15) is 4.79 Å². The summed E-state index contributed by atoms with van der Waals surface area (Å²) < 4.78 is 0. The molecule has 1 rings (SSSR count). The van der Waals surface area contributed by atoms with E-state index >= 15 is 0 Å². The third-order valence-corrected chi connectivity index (χ3v) is 1.52. The summed E-state index contributed by atoms with van der Waals surface area (Å²) in [5, 5.41) is 11.5. The van der Waals surface area contributed by atoms with Crippen molar-refractivity contribution in [2.24, 2.45) is 0 Å². The molecule has 0 aromatic rings. The Morgan fingerprint density at radius 2 is 2.70 bits per heavy atom. The maximum absolute atomic E-state index is 10.2. The second-order valence-corrected chi connectivity index (χ2v) is 2.60. The van der Waals surface area contributed by atoms with Crippen LogP contribution >= 0.6 is 0 Å². The Balaban J connectivity index is 2.38. The van der Waals surface area contributed by atoms with Crippen molar-refractivity contribution in [3.8, 4) is 0 Å². The van der Waals surface area contributed by atoms with Crippen LogP contribution in [0.15, 0.2) is 11.6 Å². The molecule has 0 radical (unpaired) electrons. The molecule has 1 aliphatic rings. The maximum atomic E-state index is 10.2. The van der Waals surface area contributed by atoms with Crippen molar-refractivity contribution in [3.05, 3.63) is 11.6 Å². The molecule has 0 unspecified atom stereocenters. The highest BCUT2D eigenvalue weighted by Gasteiger charge is 2.14. The predicted octanol–water partition coefficient (Wildman–Crippen LogP) is 0.379. The van der Waals surface area contributed by atoms with Crippen molar-refractivity contribution < 1.29 is 9.90 Å². The first kappa shape index (κ1) is 7.28. The topological polar surface area (TPSA) is 49.3 Å². The van der Waals surface area contributed by atoms with Crippen molar-refractivity contribution >= 4 is 5.97 Å². The Morgan fingerprint density at radius 3 is 3.10 bits per heavy atom. The lowest BCUT2D eigenvalue weighted by Crippen LogP contribution is -2.24. The zero-order valence-corrected chi connectivity index (χ0v) is 5.92. The minimum Gasteiger partial charge on any atom is -0.481 e. The lowest BCUT2D eigenvalue weighted by molar-refractivity contribution is -0.137. The van der Waals surface area contributed by atoms with E-state index in [1.54, 1.807) is 0 Å². The van der Waals surface area contributed by atoms with Gasteiger partial charge < -0.3 is 10.4 Å². The third kappa shape index (κ3) is 1.84. The molecular weight excluding hydrogens is 130 g/mol. The number of carbonyl (C=O) groups is 1. The van der Waals surface area contributed by atoms with E-state index in [1.807, 2.05) is 13.0 Å². The first-order chi connectivity index (χ1) is 4.68. The fourth-order valence-electron chi connectivity index (χ4n) is 1.07. The maximum Gasteiger partial charge on any atom is 0.305 e. The summed E-state index contributed by atoms with van der Waals surface area (Å²) in [7, 11) is 0. The molecule has 1 atom stereocenters. The van der Waals surface area contributed by atoms with Gasteiger partial charge in [-0.15, -0.1) is 0 Å². The van der Waals surface area contributed by atoms with Crippen molar-refractivity contribution in [2.75, 3.05) is 6.54 Å². The molecule has 0 spiro atoms. The van der Waals surface area contributed by atoms with Crippen molar-refractivity contribution in [1.29, 1.82) is 0 Å². The molecule has 10 heavy (non-hydrogen) atoms. The molecule has 0 fully saturated rings. The molecule has 3 nitrogen and oxygen atoms in total. The average Bonchev–Trinajstić information content (AvgIpc) is 2.13. The van der Waals surface area contributed by atoms with Crippen LogP contribution in [0.25, 0.3) is 0 Å². The average molecular weight is 141 g/mol. The lowest BCUT2D eigenvalue weighted by Gasteiger charge is -2.02. The molecule has 1 aliphatic heterocycles. The van der Waals surface area contributed by atoms with Gasteiger partial charge in [-0.2, -0.15) is 0 Å².